The van der Waals surface area contributed by atoms with E-state index in [1.165, 1.54) is 18.4 Å². The third kappa shape index (κ3) is 10.4. The molecule has 0 spiro atoms. The molecule has 1 aromatic rings. The summed E-state index contributed by atoms with van der Waals surface area (Å²) in [6.45, 7) is 22.8. The maximum atomic E-state index is 11.3. The van der Waals surface area contributed by atoms with Crippen molar-refractivity contribution in [3.63, 3.8) is 0 Å². The van der Waals surface area contributed by atoms with Gasteiger partial charge in [0.2, 0.25) is 0 Å². The lowest BCUT2D eigenvalue weighted by Crippen LogP contribution is -2.28. The van der Waals surface area contributed by atoms with Crippen molar-refractivity contribution in [1.82, 2.24) is 14.7 Å². The van der Waals surface area contributed by atoms with E-state index in [0.717, 1.165) is 95.7 Å². The third-order valence-electron chi connectivity index (χ3n) is 5.76. The van der Waals surface area contributed by atoms with Gasteiger partial charge in [0, 0.05) is 30.8 Å². The van der Waals surface area contributed by atoms with Gasteiger partial charge in [0.05, 0.1) is 0 Å². The summed E-state index contributed by atoms with van der Waals surface area (Å²) in [5.41, 5.74) is 3.57. The van der Waals surface area contributed by atoms with Crippen molar-refractivity contribution < 1.29 is 5.11 Å². The molecule has 0 aromatic heterocycles. The zero-order valence-electron chi connectivity index (χ0n) is 21.6. The van der Waals surface area contributed by atoms with E-state index in [1.54, 1.807) is 0 Å². The van der Waals surface area contributed by atoms with Gasteiger partial charge in [-0.1, -0.05) is 41.5 Å². The van der Waals surface area contributed by atoms with Crippen LogP contribution in [0.25, 0.3) is 0 Å². The maximum absolute atomic E-state index is 11.3. The van der Waals surface area contributed by atoms with E-state index in [2.05, 4.69) is 68.4 Å². The molecule has 0 aliphatic carbocycles. The summed E-state index contributed by atoms with van der Waals surface area (Å²) in [4.78, 5) is 7.55. The lowest BCUT2D eigenvalue weighted by molar-refractivity contribution is 0.252. The number of nitrogens with zero attached hydrogens (tertiary/aromatic N) is 3. The first kappa shape index (κ1) is 27.9. The van der Waals surface area contributed by atoms with Crippen molar-refractivity contribution in [1.29, 1.82) is 0 Å². The summed E-state index contributed by atoms with van der Waals surface area (Å²) in [6.07, 6.45) is 6.95. The monoisotopic (exact) mass is 433 g/mol. The lowest BCUT2D eigenvalue weighted by Gasteiger charge is -2.27. The molecule has 0 fully saturated rings. The van der Waals surface area contributed by atoms with Crippen LogP contribution in [0.1, 0.15) is 96.8 Å². The number of phenols is 1. The van der Waals surface area contributed by atoms with Gasteiger partial charge in [0.15, 0.2) is 0 Å². The highest BCUT2D eigenvalue weighted by atomic mass is 16.3. The molecule has 0 atom stereocenters. The van der Waals surface area contributed by atoms with Gasteiger partial charge >= 0.3 is 0 Å². The van der Waals surface area contributed by atoms with Crippen LogP contribution in [-0.4, -0.2) is 59.1 Å². The van der Waals surface area contributed by atoms with Crippen LogP contribution in [0.2, 0.25) is 0 Å². The summed E-state index contributed by atoms with van der Waals surface area (Å²) in [7, 11) is 0. The van der Waals surface area contributed by atoms with Gasteiger partial charge in [-0.3, -0.25) is 14.7 Å². The highest BCUT2D eigenvalue weighted by molar-refractivity contribution is 5.44. The highest BCUT2D eigenvalue weighted by Crippen LogP contribution is 2.28. The minimum atomic E-state index is 0.524. The van der Waals surface area contributed by atoms with Crippen molar-refractivity contribution >= 4 is 0 Å². The summed E-state index contributed by atoms with van der Waals surface area (Å²) >= 11 is 0. The number of hydrogen-bond acceptors (Lipinski definition) is 4. The van der Waals surface area contributed by atoms with Crippen LogP contribution in [0.3, 0.4) is 0 Å². The van der Waals surface area contributed by atoms with E-state index < -0.39 is 0 Å². The molecule has 0 amide bonds. The quantitative estimate of drug-likeness (QED) is 0.296. The fourth-order valence-electron chi connectivity index (χ4n) is 4.61. The van der Waals surface area contributed by atoms with Crippen LogP contribution >= 0.6 is 0 Å². The Bertz CT molecular complexity index is 533. The highest BCUT2D eigenvalue weighted by Gasteiger charge is 2.17. The standard InChI is InChI=1S/C27H51N3O/c1-7-13-28(14-8-2)21-24-19-25(22-29(15-9-3)16-10-4)27(31)26(20-24)23-30(17-11-5)18-12-6/h19-20,31H,7-18,21-23H2,1-6H3. The SMILES string of the molecule is CCCN(CCC)Cc1cc(CN(CCC)CCC)c(O)c(CN(CCC)CCC)c1. The second-order valence-corrected chi connectivity index (χ2v) is 9.09. The van der Waals surface area contributed by atoms with Crippen molar-refractivity contribution in [2.45, 2.75) is 99.7 Å². The molecule has 1 rings (SSSR count). The molecule has 0 saturated heterocycles. The first-order valence-corrected chi connectivity index (χ1v) is 13.0. The van der Waals surface area contributed by atoms with Crippen molar-refractivity contribution in [3.8, 4) is 5.75 Å². The molecule has 4 nitrogen and oxygen atoms in total. The Balaban J connectivity index is 3.25. The topological polar surface area (TPSA) is 30.0 Å². The van der Waals surface area contributed by atoms with Gasteiger partial charge in [0.25, 0.3) is 0 Å². The van der Waals surface area contributed by atoms with E-state index in [1.807, 2.05) is 0 Å². The van der Waals surface area contributed by atoms with Gasteiger partial charge in [-0.2, -0.15) is 0 Å². The predicted molar refractivity (Wildman–Crippen MR) is 136 cm³/mol. The molecule has 0 saturated carbocycles. The zero-order valence-corrected chi connectivity index (χ0v) is 21.6. The molecule has 4 heteroatoms. The normalized spacial score (nSPS) is 11.9. The van der Waals surface area contributed by atoms with Crippen LogP contribution in [0.15, 0.2) is 12.1 Å². The molecule has 1 N–H and O–H groups in total. The Hall–Kier alpha value is -1.10. The molecule has 0 heterocycles. The fourth-order valence-corrected chi connectivity index (χ4v) is 4.61. The van der Waals surface area contributed by atoms with E-state index in [-0.39, 0.29) is 0 Å². The first-order chi connectivity index (χ1) is 15.0. The van der Waals surface area contributed by atoms with Crippen molar-refractivity contribution in [2.75, 3.05) is 39.3 Å². The number of phenolic OH excluding ortho intramolecular Hbond substituents is 1. The van der Waals surface area contributed by atoms with E-state index >= 15 is 0 Å². The molecular weight excluding hydrogens is 382 g/mol. The second kappa shape index (κ2) is 16.5. The summed E-state index contributed by atoms with van der Waals surface area (Å²) in [5, 5.41) is 11.3. The molecule has 0 aliphatic heterocycles. The van der Waals surface area contributed by atoms with E-state index in [9.17, 15) is 5.11 Å². The minimum Gasteiger partial charge on any atom is -0.507 e. The summed E-state index contributed by atoms with van der Waals surface area (Å²) in [5.74, 6) is 0.524. The second-order valence-electron chi connectivity index (χ2n) is 9.09. The lowest BCUT2D eigenvalue weighted by atomic mass is 10.0. The molecular formula is C27H51N3O. The predicted octanol–water partition coefficient (Wildman–Crippen LogP) is 6.26. The fraction of sp³-hybridized carbons (Fsp3) is 0.778. The molecule has 0 radical (unpaired) electrons. The minimum absolute atomic E-state index is 0.524. The Morgan fingerprint density at radius 1 is 0.516 bits per heavy atom. The van der Waals surface area contributed by atoms with E-state index in [4.69, 9.17) is 0 Å². The van der Waals surface area contributed by atoms with Gasteiger partial charge in [-0.15, -0.1) is 0 Å². The summed E-state index contributed by atoms with van der Waals surface area (Å²) < 4.78 is 0. The van der Waals surface area contributed by atoms with Crippen molar-refractivity contribution in [2.24, 2.45) is 0 Å². The average molecular weight is 434 g/mol. The van der Waals surface area contributed by atoms with Crippen molar-refractivity contribution in [3.05, 3.63) is 28.8 Å². The first-order valence-electron chi connectivity index (χ1n) is 13.0. The maximum Gasteiger partial charge on any atom is 0.124 e. The average Bonchev–Trinajstić information content (AvgIpc) is 2.72. The molecule has 0 unspecified atom stereocenters. The number of rotatable bonds is 18. The van der Waals surface area contributed by atoms with Crippen LogP contribution in [0.5, 0.6) is 5.75 Å². The molecule has 0 aliphatic rings. The zero-order chi connectivity index (χ0) is 23.1. The Kier molecular flexibility index (Phi) is 14.9. The van der Waals surface area contributed by atoms with Crippen LogP contribution in [-0.2, 0) is 19.6 Å². The van der Waals surface area contributed by atoms with Gasteiger partial charge in [0.1, 0.15) is 5.75 Å². The third-order valence-corrected chi connectivity index (χ3v) is 5.76. The Morgan fingerprint density at radius 3 is 1.10 bits per heavy atom. The van der Waals surface area contributed by atoms with Gasteiger partial charge in [-0.25, -0.2) is 0 Å². The number of benzene rings is 1. The van der Waals surface area contributed by atoms with Gasteiger partial charge in [-0.05, 0) is 95.5 Å². The largest absolute Gasteiger partial charge is 0.507 e. The number of aromatic hydroxyl groups is 1. The van der Waals surface area contributed by atoms with Crippen LogP contribution < -0.4 is 0 Å². The van der Waals surface area contributed by atoms with E-state index in [0.29, 0.717) is 5.75 Å². The molecule has 1 aromatic carbocycles. The van der Waals surface area contributed by atoms with Gasteiger partial charge < -0.3 is 5.11 Å². The molecule has 180 valence electrons. The molecule has 0 bridgehead atoms. The summed E-state index contributed by atoms with van der Waals surface area (Å²) in [6, 6.07) is 4.55. The smallest absolute Gasteiger partial charge is 0.124 e. The van der Waals surface area contributed by atoms with Crippen LogP contribution in [0.4, 0.5) is 0 Å². The Morgan fingerprint density at radius 2 is 0.806 bits per heavy atom. The van der Waals surface area contributed by atoms with Crippen LogP contribution in [0, 0.1) is 0 Å². The molecule has 31 heavy (non-hydrogen) atoms. The number of hydrogen-bond donors (Lipinski definition) is 1. The Labute approximate surface area is 193 Å².